The van der Waals surface area contributed by atoms with Crippen molar-refractivity contribution in [1.29, 1.82) is 0 Å². The lowest BCUT2D eigenvalue weighted by Crippen LogP contribution is -2.34. The van der Waals surface area contributed by atoms with Gasteiger partial charge < -0.3 is 14.6 Å². The third kappa shape index (κ3) is 5.94. The van der Waals surface area contributed by atoms with E-state index in [4.69, 9.17) is 25.9 Å². The van der Waals surface area contributed by atoms with Gasteiger partial charge in [-0.3, -0.25) is 9.63 Å². The summed E-state index contributed by atoms with van der Waals surface area (Å²) in [5, 5.41) is 12.5. The van der Waals surface area contributed by atoms with Crippen molar-refractivity contribution < 1.29 is 24.2 Å². The van der Waals surface area contributed by atoms with Crippen LogP contribution in [0, 0.1) is 0 Å². The van der Waals surface area contributed by atoms with Gasteiger partial charge in [0.05, 0.1) is 13.1 Å². The smallest absolute Gasteiger partial charge is 0.159 e. The van der Waals surface area contributed by atoms with Crippen molar-refractivity contribution in [3.63, 3.8) is 0 Å². The Labute approximate surface area is 163 Å². The van der Waals surface area contributed by atoms with Crippen molar-refractivity contribution in [2.75, 3.05) is 26.3 Å². The van der Waals surface area contributed by atoms with Gasteiger partial charge in [-0.2, -0.15) is 5.06 Å². The first-order chi connectivity index (χ1) is 13.0. The average molecular weight is 392 g/mol. The number of carbonyl (C=O) groups is 1. The van der Waals surface area contributed by atoms with Gasteiger partial charge >= 0.3 is 0 Å². The standard InChI is InChI=1S/C20H22ClNO5/c1-14(23)15-3-2-4-19(9-15)25-12-17(24)10-22-11-20(13-26-22)27-18-7-5-16(21)6-8-18/h2-9,17,20,24H,10-13H2,1H3/t17-,20-/m1/s1. The minimum absolute atomic E-state index is 0.0294. The van der Waals surface area contributed by atoms with Crippen molar-refractivity contribution in [2.24, 2.45) is 0 Å². The second-order valence-electron chi connectivity index (χ2n) is 6.39. The van der Waals surface area contributed by atoms with Crippen LogP contribution < -0.4 is 9.47 Å². The molecule has 1 aliphatic heterocycles. The predicted molar refractivity (Wildman–Crippen MR) is 101 cm³/mol. The number of Topliss-reactive ketones (excluding diaryl/α,β-unsaturated/α-hetero) is 1. The highest BCUT2D eigenvalue weighted by Crippen LogP contribution is 2.19. The highest BCUT2D eigenvalue weighted by atomic mass is 35.5. The molecule has 7 heteroatoms. The number of ketones is 1. The Balaban J connectivity index is 1.42. The molecule has 1 saturated heterocycles. The van der Waals surface area contributed by atoms with Crippen LogP contribution in [0.2, 0.25) is 5.02 Å². The minimum Gasteiger partial charge on any atom is -0.491 e. The molecule has 0 amide bonds. The van der Waals surface area contributed by atoms with Crippen LogP contribution in [0.15, 0.2) is 48.5 Å². The van der Waals surface area contributed by atoms with E-state index < -0.39 is 6.10 Å². The van der Waals surface area contributed by atoms with Crippen LogP contribution in [-0.4, -0.2) is 54.5 Å². The molecule has 3 rings (SSSR count). The number of ether oxygens (including phenoxy) is 2. The molecule has 1 fully saturated rings. The molecule has 0 saturated carbocycles. The zero-order chi connectivity index (χ0) is 19.2. The van der Waals surface area contributed by atoms with E-state index in [1.807, 2.05) is 12.1 Å². The molecule has 0 spiro atoms. The number of hydrogen-bond acceptors (Lipinski definition) is 6. The van der Waals surface area contributed by atoms with Crippen molar-refractivity contribution in [3.8, 4) is 11.5 Å². The van der Waals surface area contributed by atoms with Gasteiger partial charge in [-0.25, -0.2) is 0 Å². The molecule has 0 radical (unpaired) electrons. The molecular formula is C20H22ClNO5. The Morgan fingerprint density at radius 1 is 1.30 bits per heavy atom. The number of carbonyl (C=O) groups excluding carboxylic acids is 1. The molecular weight excluding hydrogens is 370 g/mol. The molecule has 27 heavy (non-hydrogen) atoms. The summed E-state index contributed by atoms with van der Waals surface area (Å²) in [6.07, 6.45) is -0.855. The van der Waals surface area contributed by atoms with Crippen molar-refractivity contribution in [3.05, 3.63) is 59.1 Å². The van der Waals surface area contributed by atoms with Gasteiger partial charge in [0.2, 0.25) is 0 Å². The van der Waals surface area contributed by atoms with E-state index in [2.05, 4.69) is 0 Å². The summed E-state index contributed by atoms with van der Waals surface area (Å²) in [6.45, 7) is 2.86. The topological polar surface area (TPSA) is 68.2 Å². The fourth-order valence-electron chi connectivity index (χ4n) is 2.71. The van der Waals surface area contributed by atoms with Crippen LogP contribution in [0.25, 0.3) is 0 Å². The second-order valence-corrected chi connectivity index (χ2v) is 6.82. The van der Waals surface area contributed by atoms with Crippen LogP contribution in [0.4, 0.5) is 0 Å². The Kier molecular flexibility index (Phi) is 6.68. The minimum atomic E-state index is -0.736. The van der Waals surface area contributed by atoms with Gasteiger partial charge in [-0.1, -0.05) is 23.7 Å². The predicted octanol–water partition coefficient (Wildman–Crippen LogP) is 2.98. The van der Waals surface area contributed by atoms with Crippen molar-refractivity contribution >= 4 is 17.4 Å². The summed E-state index contributed by atoms with van der Waals surface area (Å²) in [4.78, 5) is 17.0. The quantitative estimate of drug-likeness (QED) is 0.698. The highest BCUT2D eigenvalue weighted by molar-refractivity contribution is 6.30. The summed E-state index contributed by atoms with van der Waals surface area (Å²) in [6, 6.07) is 14.1. The lowest BCUT2D eigenvalue weighted by molar-refractivity contribution is -0.131. The molecule has 1 N–H and O–H groups in total. The molecule has 1 aliphatic rings. The Hall–Kier alpha value is -2.12. The third-order valence-corrected chi connectivity index (χ3v) is 4.32. The highest BCUT2D eigenvalue weighted by Gasteiger charge is 2.27. The number of halogens is 1. The summed E-state index contributed by atoms with van der Waals surface area (Å²) in [5.41, 5.74) is 0.576. The zero-order valence-corrected chi connectivity index (χ0v) is 15.8. The van der Waals surface area contributed by atoms with E-state index in [0.29, 0.717) is 36.0 Å². The van der Waals surface area contributed by atoms with E-state index in [1.165, 1.54) is 6.92 Å². The number of nitrogens with zero attached hydrogens (tertiary/aromatic N) is 1. The van der Waals surface area contributed by atoms with Crippen LogP contribution in [0.1, 0.15) is 17.3 Å². The van der Waals surface area contributed by atoms with Crippen LogP contribution in [0.3, 0.4) is 0 Å². The number of benzene rings is 2. The second kappa shape index (κ2) is 9.19. The Morgan fingerprint density at radius 3 is 2.81 bits per heavy atom. The van der Waals surface area contributed by atoms with Gasteiger partial charge in [-0.05, 0) is 43.3 Å². The first-order valence-corrected chi connectivity index (χ1v) is 9.09. The number of β-amino-alcohol motifs (C(OH)–C–C–N with tert-alkyl or cyclic N) is 1. The molecule has 0 unspecified atom stereocenters. The molecule has 0 aromatic heterocycles. The molecule has 0 bridgehead atoms. The van der Waals surface area contributed by atoms with Crippen molar-refractivity contribution in [2.45, 2.75) is 19.1 Å². The number of aliphatic hydroxyl groups is 1. The third-order valence-electron chi connectivity index (χ3n) is 4.06. The fourth-order valence-corrected chi connectivity index (χ4v) is 2.84. The van der Waals surface area contributed by atoms with E-state index >= 15 is 0 Å². The number of hydrogen-bond donors (Lipinski definition) is 1. The summed E-state index contributed by atoms with van der Waals surface area (Å²) in [7, 11) is 0. The summed E-state index contributed by atoms with van der Waals surface area (Å²) in [5.74, 6) is 1.25. The largest absolute Gasteiger partial charge is 0.491 e. The average Bonchev–Trinajstić information content (AvgIpc) is 3.09. The normalized spacial score (nSPS) is 18.3. The van der Waals surface area contributed by atoms with Gasteiger partial charge in [0.25, 0.3) is 0 Å². The maximum atomic E-state index is 11.4. The lowest BCUT2D eigenvalue weighted by atomic mass is 10.1. The number of rotatable bonds is 8. The van der Waals surface area contributed by atoms with Gasteiger partial charge in [0.15, 0.2) is 5.78 Å². The first kappa shape index (κ1) is 19.6. The molecule has 2 atom stereocenters. The number of aliphatic hydroxyl groups excluding tert-OH is 1. The van der Waals surface area contributed by atoms with E-state index in [-0.39, 0.29) is 18.5 Å². The Bertz CT molecular complexity index is 767. The lowest BCUT2D eigenvalue weighted by Gasteiger charge is -2.19. The van der Waals surface area contributed by atoms with Crippen LogP contribution in [-0.2, 0) is 4.84 Å². The Morgan fingerprint density at radius 2 is 2.07 bits per heavy atom. The van der Waals surface area contributed by atoms with Gasteiger partial charge in [0.1, 0.15) is 36.9 Å². The van der Waals surface area contributed by atoms with Crippen LogP contribution >= 0.6 is 11.6 Å². The molecule has 1 heterocycles. The fraction of sp³-hybridized carbons (Fsp3) is 0.350. The molecule has 2 aromatic rings. The maximum Gasteiger partial charge on any atom is 0.159 e. The first-order valence-electron chi connectivity index (χ1n) is 8.71. The molecule has 144 valence electrons. The van der Waals surface area contributed by atoms with Crippen LogP contribution in [0.5, 0.6) is 11.5 Å². The van der Waals surface area contributed by atoms with Gasteiger partial charge in [-0.15, -0.1) is 0 Å². The van der Waals surface area contributed by atoms with E-state index in [1.54, 1.807) is 41.5 Å². The molecule has 0 aliphatic carbocycles. The number of hydroxylamine groups is 2. The van der Waals surface area contributed by atoms with E-state index in [0.717, 1.165) is 5.75 Å². The van der Waals surface area contributed by atoms with E-state index in [9.17, 15) is 9.90 Å². The summed E-state index contributed by atoms with van der Waals surface area (Å²) < 4.78 is 11.4. The van der Waals surface area contributed by atoms with Gasteiger partial charge in [0, 0.05) is 10.6 Å². The SMILES string of the molecule is CC(=O)c1cccc(OC[C@H](O)CN2C[C@@H](Oc3ccc(Cl)cc3)CO2)c1. The zero-order valence-electron chi connectivity index (χ0n) is 15.0. The monoisotopic (exact) mass is 391 g/mol. The van der Waals surface area contributed by atoms with Crippen molar-refractivity contribution in [1.82, 2.24) is 5.06 Å². The summed E-state index contributed by atoms with van der Waals surface area (Å²) >= 11 is 5.86. The molecule has 6 nitrogen and oxygen atoms in total. The maximum absolute atomic E-state index is 11.4. The molecule has 2 aromatic carbocycles.